The molecule has 2 heterocycles. The van der Waals surface area contributed by atoms with Gasteiger partial charge in [0.1, 0.15) is 5.75 Å². The smallest absolute Gasteiger partial charge is 0.120 e. The van der Waals surface area contributed by atoms with Crippen LogP contribution in [-0.2, 0) is 13.0 Å². The molecule has 92 valence electrons. The first-order valence-corrected chi connectivity index (χ1v) is 5.85. The van der Waals surface area contributed by atoms with E-state index in [1.54, 1.807) is 0 Å². The maximum Gasteiger partial charge on any atom is 0.120 e. The predicted octanol–water partition coefficient (Wildman–Crippen LogP) is 2.63. The van der Waals surface area contributed by atoms with Crippen molar-refractivity contribution in [2.75, 3.05) is 13.2 Å². The molecule has 1 aromatic heterocycles. The molecule has 0 amide bonds. The summed E-state index contributed by atoms with van der Waals surface area (Å²) >= 11 is 0. The highest BCUT2D eigenvalue weighted by Crippen LogP contribution is 2.28. The van der Waals surface area contributed by atoms with Crippen molar-refractivity contribution in [2.45, 2.75) is 19.9 Å². The van der Waals surface area contributed by atoms with Gasteiger partial charge in [-0.05, 0) is 30.7 Å². The summed E-state index contributed by atoms with van der Waals surface area (Å²) in [7, 11) is 0. The van der Waals surface area contributed by atoms with Gasteiger partial charge in [-0.3, -0.25) is 0 Å². The molecule has 0 saturated heterocycles. The Morgan fingerprint density at radius 2 is 2.24 bits per heavy atom. The van der Waals surface area contributed by atoms with E-state index in [2.05, 4.69) is 22.4 Å². The van der Waals surface area contributed by atoms with E-state index in [1.807, 2.05) is 13.0 Å². The summed E-state index contributed by atoms with van der Waals surface area (Å²) in [6, 6.07) is 6.28. The monoisotopic (exact) mass is 252 g/mol. The van der Waals surface area contributed by atoms with Gasteiger partial charge in [0.25, 0.3) is 0 Å². The Balaban J connectivity index is 0.00000108. The number of aromatic amines is 1. The molecule has 0 aliphatic carbocycles. The zero-order chi connectivity index (χ0) is 11.0. The Morgan fingerprint density at radius 3 is 3.06 bits per heavy atom. The maximum absolute atomic E-state index is 5.54. The van der Waals surface area contributed by atoms with Gasteiger partial charge < -0.3 is 15.0 Å². The first-order chi connectivity index (χ1) is 7.88. The van der Waals surface area contributed by atoms with Crippen LogP contribution in [0.5, 0.6) is 5.75 Å². The zero-order valence-electron chi connectivity index (χ0n) is 9.88. The normalized spacial score (nSPS) is 14.2. The molecule has 0 atom stereocenters. The summed E-state index contributed by atoms with van der Waals surface area (Å²) < 4.78 is 5.54. The summed E-state index contributed by atoms with van der Waals surface area (Å²) in [5.41, 5.74) is 4.00. The van der Waals surface area contributed by atoms with E-state index >= 15 is 0 Å². The lowest BCUT2D eigenvalue weighted by molar-refractivity contribution is 0.340. The topological polar surface area (TPSA) is 37.0 Å². The zero-order valence-corrected chi connectivity index (χ0v) is 10.7. The number of rotatable bonds is 2. The largest absolute Gasteiger partial charge is 0.494 e. The number of halogens is 1. The van der Waals surface area contributed by atoms with Gasteiger partial charge in [0.2, 0.25) is 0 Å². The van der Waals surface area contributed by atoms with Crippen LogP contribution in [0.1, 0.15) is 18.2 Å². The lowest BCUT2D eigenvalue weighted by atomic mass is 10.1. The molecule has 17 heavy (non-hydrogen) atoms. The Labute approximate surface area is 107 Å². The van der Waals surface area contributed by atoms with Crippen molar-refractivity contribution in [3.63, 3.8) is 0 Å². The van der Waals surface area contributed by atoms with Crippen molar-refractivity contribution < 1.29 is 4.74 Å². The van der Waals surface area contributed by atoms with E-state index in [-0.39, 0.29) is 12.4 Å². The van der Waals surface area contributed by atoms with Gasteiger partial charge in [-0.15, -0.1) is 12.4 Å². The third-order valence-electron chi connectivity index (χ3n) is 3.13. The van der Waals surface area contributed by atoms with Crippen molar-refractivity contribution in [1.82, 2.24) is 10.3 Å². The molecular formula is C13H17ClN2O. The van der Waals surface area contributed by atoms with Crippen LogP contribution in [0.3, 0.4) is 0 Å². The van der Waals surface area contributed by atoms with E-state index < -0.39 is 0 Å². The standard InChI is InChI=1S/C13H16N2O.ClH/c1-2-16-9-3-4-12-10(7-9)11-8-14-6-5-13(11)15-12;/h3-4,7,14-15H,2,5-6,8H2,1H3;1H. The second-order valence-electron chi connectivity index (χ2n) is 4.15. The minimum atomic E-state index is 0. The predicted molar refractivity (Wildman–Crippen MR) is 72.1 cm³/mol. The third kappa shape index (κ3) is 2.13. The average molecular weight is 253 g/mol. The van der Waals surface area contributed by atoms with Crippen LogP contribution in [0.2, 0.25) is 0 Å². The van der Waals surface area contributed by atoms with Gasteiger partial charge in [0.05, 0.1) is 6.61 Å². The van der Waals surface area contributed by atoms with Gasteiger partial charge in [0.15, 0.2) is 0 Å². The van der Waals surface area contributed by atoms with E-state index in [1.165, 1.54) is 22.2 Å². The molecule has 3 nitrogen and oxygen atoms in total. The van der Waals surface area contributed by atoms with Crippen LogP contribution >= 0.6 is 12.4 Å². The highest BCUT2D eigenvalue weighted by atomic mass is 35.5. The van der Waals surface area contributed by atoms with Crippen molar-refractivity contribution in [2.24, 2.45) is 0 Å². The molecule has 3 rings (SSSR count). The highest BCUT2D eigenvalue weighted by molar-refractivity contribution is 5.86. The van der Waals surface area contributed by atoms with E-state index in [4.69, 9.17) is 4.74 Å². The molecule has 4 heteroatoms. The lowest BCUT2D eigenvalue weighted by Crippen LogP contribution is -2.22. The number of aromatic nitrogens is 1. The molecule has 0 bridgehead atoms. The van der Waals surface area contributed by atoms with Crippen LogP contribution in [0.4, 0.5) is 0 Å². The molecule has 0 fully saturated rings. The quantitative estimate of drug-likeness (QED) is 0.862. The molecule has 0 unspecified atom stereocenters. The fourth-order valence-electron chi connectivity index (χ4n) is 2.38. The van der Waals surface area contributed by atoms with Crippen LogP contribution in [-0.4, -0.2) is 18.1 Å². The minimum Gasteiger partial charge on any atom is -0.494 e. The second-order valence-corrected chi connectivity index (χ2v) is 4.15. The number of hydrogen-bond donors (Lipinski definition) is 2. The molecule has 1 aliphatic heterocycles. The number of nitrogens with one attached hydrogen (secondary N) is 2. The average Bonchev–Trinajstić information content (AvgIpc) is 2.68. The molecule has 0 radical (unpaired) electrons. The van der Waals surface area contributed by atoms with Crippen molar-refractivity contribution in [1.29, 1.82) is 0 Å². The molecule has 1 aliphatic rings. The van der Waals surface area contributed by atoms with Gasteiger partial charge in [0, 0.05) is 36.1 Å². The summed E-state index contributed by atoms with van der Waals surface area (Å²) in [6.45, 7) is 4.76. The Kier molecular flexibility index (Phi) is 3.60. The van der Waals surface area contributed by atoms with E-state index in [0.29, 0.717) is 0 Å². The molecular weight excluding hydrogens is 236 g/mol. The van der Waals surface area contributed by atoms with Crippen molar-refractivity contribution in [3.8, 4) is 5.75 Å². The second kappa shape index (κ2) is 4.98. The van der Waals surface area contributed by atoms with E-state index in [0.717, 1.165) is 31.9 Å². The summed E-state index contributed by atoms with van der Waals surface area (Å²) in [5.74, 6) is 0.961. The lowest BCUT2D eigenvalue weighted by Gasteiger charge is -2.12. The maximum atomic E-state index is 5.54. The van der Waals surface area contributed by atoms with Crippen LogP contribution < -0.4 is 10.1 Å². The molecule has 0 saturated carbocycles. The Bertz CT molecular complexity index is 521. The van der Waals surface area contributed by atoms with Crippen molar-refractivity contribution in [3.05, 3.63) is 29.5 Å². The summed E-state index contributed by atoms with van der Waals surface area (Å²) in [5, 5.41) is 4.71. The first kappa shape index (κ1) is 12.3. The Morgan fingerprint density at radius 1 is 1.35 bits per heavy atom. The number of ether oxygens (including phenoxy) is 1. The molecule has 1 aromatic carbocycles. The number of H-pyrrole nitrogens is 1. The first-order valence-electron chi connectivity index (χ1n) is 5.85. The Hall–Kier alpha value is -1.19. The molecule has 2 N–H and O–H groups in total. The molecule has 2 aromatic rings. The summed E-state index contributed by atoms with van der Waals surface area (Å²) in [4.78, 5) is 3.49. The van der Waals surface area contributed by atoms with E-state index in [9.17, 15) is 0 Å². The minimum absolute atomic E-state index is 0. The fraction of sp³-hybridized carbons (Fsp3) is 0.385. The molecule has 0 spiro atoms. The summed E-state index contributed by atoms with van der Waals surface area (Å²) in [6.07, 6.45) is 1.09. The van der Waals surface area contributed by atoms with Gasteiger partial charge in [-0.25, -0.2) is 0 Å². The number of benzene rings is 1. The SMILES string of the molecule is CCOc1ccc2[nH]c3c(c2c1)CNCC3.Cl. The van der Waals surface area contributed by atoms with Gasteiger partial charge in [-0.1, -0.05) is 0 Å². The third-order valence-corrected chi connectivity index (χ3v) is 3.13. The van der Waals surface area contributed by atoms with Crippen LogP contribution in [0.15, 0.2) is 18.2 Å². The highest BCUT2D eigenvalue weighted by Gasteiger charge is 2.14. The van der Waals surface area contributed by atoms with Crippen LogP contribution in [0.25, 0.3) is 10.9 Å². The van der Waals surface area contributed by atoms with Gasteiger partial charge in [-0.2, -0.15) is 0 Å². The number of hydrogen-bond acceptors (Lipinski definition) is 2. The fourth-order valence-corrected chi connectivity index (χ4v) is 2.38. The number of fused-ring (bicyclic) bond motifs is 3. The van der Waals surface area contributed by atoms with Crippen molar-refractivity contribution >= 4 is 23.3 Å². The van der Waals surface area contributed by atoms with Gasteiger partial charge >= 0.3 is 0 Å². The van der Waals surface area contributed by atoms with Crippen LogP contribution in [0, 0.1) is 0 Å².